The van der Waals surface area contributed by atoms with E-state index in [1.807, 2.05) is 24.3 Å². The fourth-order valence-electron chi connectivity index (χ4n) is 4.16. The number of hydrogen-bond acceptors (Lipinski definition) is 3. The topological polar surface area (TPSA) is 46.5 Å². The van der Waals surface area contributed by atoms with E-state index in [9.17, 15) is 8.42 Å². The van der Waals surface area contributed by atoms with Crippen LogP contribution in [0.1, 0.15) is 29.5 Å². The molecule has 3 aromatic rings. The maximum Gasteiger partial charge on any atom is 0.219 e. The van der Waals surface area contributed by atoms with E-state index in [4.69, 9.17) is 0 Å². The summed E-state index contributed by atoms with van der Waals surface area (Å²) in [6, 6.07) is 14.5. The molecule has 4 heteroatoms. The standard InChI is InChI=1S/C21H17NO2S/c23-25(24)12-11-22-21(25)19-13-15-6-2-3-7-16(15)18-10-9-14-5-1-4-8-17(14)20(18)19/h2-3,6-7,9-13H,1,4-5,8H2. The third-order valence-electron chi connectivity index (χ3n) is 5.28. The molecule has 0 saturated carbocycles. The van der Waals surface area contributed by atoms with Crippen molar-refractivity contribution in [1.82, 2.24) is 0 Å². The highest BCUT2D eigenvalue weighted by atomic mass is 32.2. The second-order valence-corrected chi connectivity index (χ2v) is 8.49. The van der Waals surface area contributed by atoms with Gasteiger partial charge in [-0.05, 0) is 64.4 Å². The summed E-state index contributed by atoms with van der Waals surface area (Å²) in [5.74, 6) is 0. The summed E-state index contributed by atoms with van der Waals surface area (Å²) in [5, 5.41) is 5.78. The van der Waals surface area contributed by atoms with Crippen LogP contribution in [0.15, 0.2) is 59.1 Å². The van der Waals surface area contributed by atoms with Gasteiger partial charge in [0.1, 0.15) is 0 Å². The van der Waals surface area contributed by atoms with Crippen LogP contribution in [0.4, 0.5) is 0 Å². The van der Waals surface area contributed by atoms with Crippen LogP contribution in [0.2, 0.25) is 0 Å². The molecule has 1 heterocycles. The van der Waals surface area contributed by atoms with Crippen molar-refractivity contribution in [2.75, 3.05) is 0 Å². The maximum absolute atomic E-state index is 12.5. The van der Waals surface area contributed by atoms with Crippen molar-refractivity contribution in [1.29, 1.82) is 0 Å². The fraction of sp³-hybridized carbons (Fsp3) is 0.190. The molecule has 0 amide bonds. The van der Waals surface area contributed by atoms with Crippen molar-refractivity contribution in [2.24, 2.45) is 4.99 Å². The molecule has 124 valence electrons. The minimum atomic E-state index is -3.46. The van der Waals surface area contributed by atoms with Crippen LogP contribution >= 0.6 is 0 Å². The van der Waals surface area contributed by atoms with Gasteiger partial charge < -0.3 is 0 Å². The largest absolute Gasteiger partial charge is 0.243 e. The Labute approximate surface area is 146 Å². The van der Waals surface area contributed by atoms with Crippen molar-refractivity contribution >= 4 is 36.4 Å². The van der Waals surface area contributed by atoms with Crippen molar-refractivity contribution in [3.8, 4) is 0 Å². The van der Waals surface area contributed by atoms with Crippen molar-refractivity contribution in [3.05, 3.63) is 70.8 Å². The van der Waals surface area contributed by atoms with Crippen LogP contribution < -0.4 is 0 Å². The lowest BCUT2D eigenvalue weighted by Crippen LogP contribution is -2.13. The van der Waals surface area contributed by atoms with E-state index < -0.39 is 9.84 Å². The van der Waals surface area contributed by atoms with Gasteiger partial charge in [-0.15, -0.1) is 0 Å². The summed E-state index contributed by atoms with van der Waals surface area (Å²) in [5.41, 5.74) is 3.39. The molecular weight excluding hydrogens is 330 g/mol. The molecular formula is C21H17NO2S. The van der Waals surface area contributed by atoms with Crippen LogP contribution in [0.3, 0.4) is 0 Å². The van der Waals surface area contributed by atoms with Gasteiger partial charge >= 0.3 is 0 Å². The monoisotopic (exact) mass is 347 g/mol. The SMILES string of the molecule is O=S1(=O)C=CN=C1c1cc2ccccc2c2ccc3c(c12)CCCC3. The van der Waals surface area contributed by atoms with Crippen LogP contribution in [0.5, 0.6) is 0 Å². The molecule has 25 heavy (non-hydrogen) atoms. The number of rotatable bonds is 1. The smallest absolute Gasteiger partial charge is 0.219 e. The van der Waals surface area contributed by atoms with E-state index in [0.717, 1.165) is 41.0 Å². The summed E-state index contributed by atoms with van der Waals surface area (Å²) in [6.07, 6.45) is 5.80. The van der Waals surface area contributed by atoms with E-state index >= 15 is 0 Å². The van der Waals surface area contributed by atoms with Gasteiger partial charge in [0.15, 0.2) is 5.04 Å². The molecule has 0 atom stereocenters. The number of nitrogens with zero attached hydrogens (tertiary/aromatic N) is 1. The molecule has 2 aliphatic rings. The zero-order chi connectivity index (χ0) is 17.0. The van der Waals surface area contributed by atoms with Gasteiger partial charge in [-0.25, -0.2) is 13.4 Å². The Hall–Kier alpha value is -2.46. The van der Waals surface area contributed by atoms with Gasteiger partial charge in [0.25, 0.3) is 0 Å². The lowest BCUT2D eigenvalue weighted by Gasteiger charge is -2.21. The third-order valence-corrected chi connectivity index (χ3v) is 6.63. The Morgan fingerprint density at radius 3 is 2.60 bits per heavy atom. The molecule has 0 spiro atoms. The zero-order valence-electron chi connectivity index (χ0n) is 13.7. The number of benzene rings is 3. The van der Waals surface area contributed by atoms with Gasteiger partial charge in [0.2, 0.25) is 9.84 Å². The van der Waals surface area contributed by atoms with Crippen molar-refractivity contribution in [3.63, 3.8) is 0 Å². The average Bonchev–Trinajstić information content (AvgIpc) is 2.99. The number of sulfone groups is 1. The van der Waals surface area contributed by atoms with Gasteiger partial charge in [-0.2, -0.15) is 0 Å². The molecule has 0 fully saturated rings. The molecule has 1 aliphatic heterocycles. The molecule has 0 aromatic heterocycles. The molecule has 0 bridgehead atoms. The summed E-state index contributed by atoms with van der Waals surface area (Å²) in [7, 11) is -3.46. The highest BCUT2D eigenvalue weighted by molar-refractivity contribution is 8.09. The van der Waals surface area contributed by atoms with E-state index in [1.54, 1.807) is 0 Å². The van der Waals surface area contributed by atoms with Crippen molar-refractivity contribution < 1.29 is 8.42 Å². The summed E-state index contributed by atoms with van der Waals surface area (Å²) in [6.45, 7) is 0. The highest BCUT2D eigenvalue weighted by Crippen LogP contribution is 2.37. The summed E-state index contributed by atoms with van der Waals surface area (Å²) in [4.78, 5) is 4.21. The quantitative estimate of drug-likeness (QED) is 0.608. The highest BCUT2D eigenvalue weighted by Gasteiger charge is 2.27. The Kier molecular flexibility index (Phi) is 3.13. The molecule has 5 rings (SSSR count). The normalized spacial score (nSPS) is 18.5. The predicted molar refractivity (Wildman–Crippen MR) is 103 cm³/mol. The molecule has 0 N–H and O–H groups in total. The van der Waals surface area contributed by atoms with Gasteiger partial charge in [-0.3, -0.25) is 0 Å². The van der Waals surface area contributed by atoms with Gasteiger partial charge in [0, 0.05) is 11.8 Å². The van der Waals surface area contributed by atoms with E-state index in [0.29, 0.717) is 0 Å². The summed E-state index contributed by atoms with van der Waals surface area (Å²) >= 11 is 0. The number of aryl methyl sites for hydroxylation is 2. The molecule has 3 aromatic carbocycles. The Morgan fingerprint density at radius 2 is 1.76 bits per heavy atom. The van der Waals surface area contributed by atoms with Gasteiger partial charge in [0.05, 0.1) is 5.41 Å². The maximum atomic E-state index is 12.5. The third kappa shape index (κ3) is 2.17. The molecule has 1 aliphatic carbocycles. The number of fused-ring (bicyclic) bond motifs is 5. The molecule has 0 saturated heterocycles. The number of aliphatic imine (C=N–C) groups is 1. The van der Waals surface area contributed by atoms with E-state index in [-0.39, 0.29) is 5.04 Å². The molecule has 0 unspecified atom stereocenters. The lowest BCUT2D eigenvalue weighted by atomic mass is 9.84. The average molecular weight is 347 g/mol. The van der Waals surface area contributed by atoms with Crippen LogP contribution in [0, 0.1) is 0 Å². The first kappa shape index (κ1) is 14.8. The Balaban J connectivity index is 1.98. The lowest BCUT2D eigenvalue weighted by molar-refractivity contribution is 0.615. The van der Waals surface area contributed by atoms with E-state index in [1.165, 1.54) is 34.5 Å². The minimum Gasteiger partial charge on any atom is -0.243 e. The van der Waals surface area contributed by atoms with Crippen LogP contribution in [-0.4, -0.2) is 13.5 Å². The molecule has 0 radical (unpaired) electrons. The second kappa shape index (κ2) is 5.27. The van der Waals surface area contributed by atoms with Gasteiger partial charge in [-0.1, -0.05) is 36.4 Å². The van der Waals surface area contributed by atoms with Crippen molar-refractivity contribution in [2.45, 2.75) is 25.7 Å². The Bertz CT molecular complexity index is 1200. The first-order chi connectivity index (χ1) is 12.1. The van der Waals surface area contributed by atoms with Crippen LogP contribution in [0.25, 0.3) is 21.5 Å². The predicted octanol–water partition coefficient (Wildman–Crippen LogP) is 4.52. The van der Waals surface area contributed by atoms with Crippen LogP contribution in [-0.2, 0) is 22.7 Å². The second-order valence-electron chi connectivity index (χ2n) is 6.74. The Morgan fingerprint density at radius 1 is 0.920 bits per heavy atom. The summed E-state index contributed by atoms with van der Waals surface area (Å²) < 4.78 is 25.0. The minimum absolute atomic E-state index is 0.183. The number of hydrogen-bond donors (Lipinski definition) is 0. The zero-order valence-corrected chi connectivity index (χ0v) is 14.5. The fourth-order valence-corrected chi connectivity index (χ4v) is 5.19. The van der Waals surface area contributed by atoms with E-state index in [2.05, 4.69) is 23.2 Å². The first-order valence-corrected chi connectivity index (χ1v) is 10.2. The molecule has 3 nitrogen and oxygen atoms in total. The first-order valence-electron chi connectivity index (χ1n) is 8.61.